The molecule has 1 aromatic carbocycles. The number of benzene rings is 1. The average molecular weight is 275 g/mol. The number of halogens is 1. The second-order valence-electron chi connectivity index (χ2n) is 4.16. The number of hydrogen-bond donors (Lipinski definition) is 2. The fraction of sp³-hybridized carbons (Fsp3) is 0.455. The summed E-state index contributed by atoms with van der Waals surface area (Å²) in [4.78, 5) is 0. The number of sulfonamides is 1. The summed E-state index contributed by atoms with van der Waals surface area (Å²) in [6.45, 7) is 0.487. The molecule has 1 saturated carbocycles. The molecule has 0 heterocycles. The van der Waals surface area contributed by atoms with E-state index in [-0.39, 0.29) is 5.75 Å². The molecule has 4 nitrogen and oxygen atoms in total. The van der Waals surface area contributed by atoms with Gasteiger partial charge in [0, 0.05) is 23.3 Å². The standard InChI is InChI=1S/C11H15ClN2O2S/c12-9-2-1-3-11(8-9)14-17(15,16)7-6-13-10-4-5-10/h1-3,8,10,13-14H,4-7H2. The first kappa shape index (κ1) is 12.7. The van der Waals surface area contributed by atoms with Gasteiger partial charge < -0.3 is 5.32 Å². The minimum Gasteiger partial charge on any atom is -0.313 e. The van der Waals surface area contributed by atoms with Gasteiger partial charge in [-0.3, -0.25) is 4.72 Å². The quantitative estimate of drug-likeness (QED) is 0.832. The topological polar surface area (TPSA) is 58.2 Å². The highest BCUT2D eigenvalue weighted by atomic mass is 35.5. The summed E-state index contributed by atoms with van der Waals surface area (Å²) in [5.74, 6) is 0.0794. The van der Waals surface area contributed by atoms with Gasteiger partial charge in [-0.2, -0.15) is 0 Å². The third-order valence-corrected chi connectivity index (χ3v) is 4.00. The van der Waals surface area contributed by atoms with Gasteiger partial charge in [-0.05, 0) is 31.0 Å². The maximum Gasteiger partial charge on any atom is 0.233 e. The van der Waals surface area contributed by atoms with E-state index < -0.39 is 10.0 Å². The van der Waals surface area contributed by atoms with E-state index in [0.29, 0.717) is 23.3 Å². The molecule has 0 aliphatic heterocycles. The maximum absolute atomic E-state index is 11.7. The molecule has 0 bridgehead atoms. The van der Waals surface area contributed by atoms with Gasteiger partial charge in [0.15, 0.2) is 0 Å². The van der Waals surface area contributed by atoms with Crippen molar-refractivity contribution >= 4 is 27.3 Å². The van der Waals surface area contributed by atoms with Crippen LogP contribution in [0.4, 0.5) is 5.69 Å². The zero-order valence-corrected chi connectivity index (χ0v) is 10.9. The lowest BCUT2D eigenvalue weighted by Crippen LogP contribution is -2.27. The largest absolute Gasteiger partial charge is 0.313 e. The highest BCUT2D eigenvalue weighted by Gasteiger charge is 2.21. The fourth-order valence-corrected chi connectivity index (χ4v) is 2.63. The SMILES string of the molecule is O=S(=O)(CCNC1CC1)Nc1cccc(Cl)c1. The highest BCUT2D eigenvalue weighted by molar-refractivity contribution is 7.92. The Kier molecular flexibility index (Phi) is 3.91. The molecule has 0 atom stereocenters. The Bertz CT molecular complexity index is 486. The van der Waals surface area contributed by atoms with Crippen LogP contribution >= 0.6 is 11.6 Å². The van der Waals surface area contributed by atoms with Crippen molar-refractivity contribution in [3.05, 3.63) is 29.3 Å². The minimum atomic E-state index is -3.29. The molecule has 0 unspecified atom stereocenters. The Hall–Kier alpha value is -0.780. The van der Waals surface area contributed by atoms with E-state index >= 15 is 0 Å². The lowest BCUT2D eigenvalue weighted by Gasteiger charge is -2.08. The molecule has 1 aliphatic carbocycles. The van der Waals surface area contributed by atoms with Crippen LogP contribution in [0, 0.1) is 0 Å². The summed E-state index contributed by atoms with van der Waals surface area (Å²) >= 11 is 5.78. The van der Waals surface area contributed by atoms with Crippen LogP contribution in [0.15, 0.2) is 24.3 Å². The zero-order chi connectivity index (χ0) is 12.3. The van der Waals surface area contributed by atoms with Crippen LogP contribution in [0.25, 0.3) is 0 Å². The van der Waals surface area contributed by atoms with Crippen molar-refractivity contribution in [2.45, 2.75) is 18.9 Å². The molecular formula is C11H15ClN2O2S. The molecule has 94 valence electrons. The average Bonchev–Trinajstić information content (AvgIpc) is 3.00. The predicted octanol–water partition coefficient (Wildman–Crippen LogP) is 1.83. The molecule has 1 fully saturated rings. The van der Waals surface area contributed by atoms with E-state index in [1.54, 1.807) is 24.3 Å². The Morgan fingerprint density at radius 1 is 1.35 bits per heavy atom. The molecule has 0 radical (unpaired) electrons. The van der Waals surface area contributed by atoms with Crippen molar-refractivity contribution in [2.75, 3.05) is 17.0 Å². The van der Waals surface area contributed by atoms with Gasteiger partial charge in [0.25, 0.3) is 0 Å². The van der Waals surface area contributed by atoms with Gasteiger partial charge in [0.05, 0.1) is 5.75 Å². The van der Waals surface area contributed by atoms with E-state index in [1.165, 1.54) is 0 Å². The molecule has 1 aromatic rings. The van der Waals surface area contributed by atoms with Crippen molar-refractivity contribution < 1.29 is 8.42 Å². The molecule has 0 amide bonds. The fourth-order valence-electron chi connectivity index (χ4n) is 1.47. The number of rotatable bonds is 6. The predicted molar refractivity (Wildman–Crippen MR) is 69.9 cm³/mol. The summed E-state index contributed by atoms with van der Waals surface area (Å²) in [5.41, 5.74) is 0.504. The lowest BCUT2D eigenvalue weighted by atomic mass is 10.3. The monoisotopic (exact) mass is 274 g/mol. The number of anilines is 1. The summed E-state index contributed by atoms with van der Waals surface area (Å²) in [5, 5.41) is 3.68. The molecule has 6 heteroatoms. The van der Waals surface area contributed by atoms with E-state index in [4.69, 9.17) is 11.6 Å². The summed E-state index contributed by atoms with van der Waals surface area (Å²) < 4.78 is 25.9. The smallest absolute Gasteiger partial charge is 0.233 e. The van der Waals surface area contributed by atoms with Gasteiger partial charge in [-0.1, -0.05) is 17.7 Å². The Morgan fingerprint density at radius 2 is 2.12 bits per heavy atom. The van der Waals surface area contributed by atoms with Gasteiger partial charge in [-0.25, -0.2) is 8.42 Å². The van der Waals surface area contributed by atoms with Gasteiger partial charge >= 0.3 is 0 Å². The Labute approximate surface area is 106 Å². The molecule has 1 aliphatic rings. The maximum atomic E-state index is 11.7. The van der Waals surface area contributed by atoms with E-state index in [0.717, 1.165) is 12.8 Å². The second-order valence-corrected chi connectivity index (χ2v) is 6.44. The van der Waals surface area contributed by atoms with Crippen LogP contribution in [0.2, 0.25) is 5.02 Å². The van der Waals surface area contributed by atoms with Crippen LogP contribution in [-0.4, -0.2) is 26.8 Å². The molecule has 0 aromatic heterocycles. The van der Waals surface area contributed by atoms with E-state index in [1.807, 2.05) is 0 Å². The molecular weight excluding hydrogens is 260 g/mol. The van der Waals surface area contributed by atoms with Crippen LogP contribution in [-0.2, 0) is 10.0 Å². The summed E-state index contributed by atoms with van der Waals surface area (Å²) in [6.07, 6.45) is 2.31. The molecule has 0 saturated heterocycles. The van der Waals surface area contributed by atoms with Crippen LogP contribution in [0.3, 0.4) is 0 Å². The van der Waals surface area contributed by atoms with Crippen LogP contribution in [0.1, 0.15) is 12.8 Å². The highest BCUT2D eigenvalue weighted by Crippen LogP contribution is 2.18. The van der Waals surface area contributed by atoms with Crippen molar-refractivity contribution in [2.24, 2.45) is 0 Å². The Morgan fingerprint density at radius 3 is 2.76 bits per heavy atom. The third-order valence-electron chi connectivity index (χ3n) is 2.48. The van der Waals surface area contributed by atoms with Gasteiger partial charge in [0.1, 0.15) is 0 Å². The first-order valence-corrected chi connectivity index (χ1v) is 7.58. The van der Waals surface area contributed by atoms with Crippen molar-refractivity contribution in [3.63, 3.8) is 0 Å². The molecule has 0 spiro atoms. The number of hydrogen-bond acceptors (Lipinski definition) is 3. The van der Waals surface area contributed by atoms with Crippen molar-refractivity contribution in [1.29, 1.82) is 0 Å². The molecule has 2 N–H and O–H groups in total. The van der Waals surface area contributed by atoms with E-state index in [9.17, 15) is 8.42 Å². The second kappa shape index (κ2) is 5.25. The first-order chi connectivity index (χ1) is 8.05. The van der Waals surface area contributed by atoms with E-state index in [2.05, 4.69) is 10.0 Å². The normalized spacial score (nSPS) is 15.8. The van der Waals surface area contributed by atoms with Crippen molar-refractivity contribution in [3.8, 4) is 0 Å². The van der Waals surface area contributed by atoms with Gasteiger partial charge in [-0.15, -0.1) is 0 Å². The zero-order valence-electron chi connectivity index (χ0n) is 9.32. The van der Waals surface area contributed by atoms with Crippen molar-refractivity contribution in [1.82, 2.24) is 5.32 Å². The lowest BCUT2D eigenvalue weighted by molar-refractivity contribution is 0.595. The molecule has 2 rings (SSSR count). The first-order valence-electron chi connectivity index (χ1n) is 5.55. The van der Waals surface area contributed by atoms with Crippen LogP contribution in [0.5, 0.6) is 0 Å². The third kappa shape index (κ3) is 4.53. The minimum absolute atomic E-state index is 0.0794. The summed E-state index contributed by atoms with van der Waals surface area (Å²) in [6, 6.07) is 7.21. The summed E-state index contributed by atoms with van der Waals surface area (Å²) in [7, 11) is -3.29. The molecule has 17 heavy (non-hydrogen) atoms. The van der Waals surface area contributed by atoms with Crippen LogP contribution < -0.4 is 10.0 Å². The number of nitrogens with one attached hydrogen (secondary N) is 2. The Balaban J connectivity index is 1.86. The van der Waals surface area contributed by atoms with Gasteiger partial charge in [0.2, 0.25) is 10.0 Å².